The van der Waals surface area contributed by atoms with Crippen molar-refractivity contribution in [2.75, 3.05) is 5.32 Å². The first-order valence-electron chi connectivity index (χ1n) is 4.78. The summed E-state index contributed by atoms with van der Waals surface area (Å²) < 4.78 is 1.47. The fourth-order valence-electron chi connectivity index (χ4n) is 1.22. The number of nitrogens with one attached hydrogen (secondary N) is 1. The van der Waals surface area contributed by atoms with E-state index >= 15 is 0 Å². The van der Waals surface area contributed by atoms with Gasteiger partial charge >= 0.3 is 0 Å². The molecule has 0 amide bonds. The van der Waals surface area contributed by atoms with E-state index in [4.69, 9.17) is 0 Å². The molecule has 0 aromatic carbocycles. The van der Waals surface area contributed by atoms with Gasteiger partial charge in [-0.15, -0.1) is 0 Å². The molecular weight excluding hydrogens is 206 g/mol. The van der Waals surface area contributed by atoms with Crippen molar-refractivity contribution in [3.05, 3.63) is 47.0 Å². The van der Waals surface area contributed by atoms with Crippen LogP contribution < -0.4 is 10.9 Å². The van der Waals surface area contributed by atoms with E-state index in [1.54, 1.807) is 31.7 Å². The molecule has 2 aromatic rings. The minimum absolute atomic E-state index is 0.156. The van der Waals surface area contributed by atoms with Crippen molar-refractivity contribution in [2.45, 2.75) is 6.54 Å². The molecule has 2 rings (SSSR count). The molecular formula is C10H11N5O. The number of hydrogen-bond donors (Lipinski definition) is 1. The van der Waals surface area contributed by atoms with Crippen molar-refractivity contribution < 1.29 is 0 Å². The summed E-state index contributed by atoms with van der Waals surface area (Å²) in [6.07, 6.45) is 6.30. The Morgan fingerprint density at radius 3 is 3.00 bits per heavy atom. The number of anilines is 1. The number of aryl methyl sites for hydroxylation is 1. The van der Waals surface area contributed by atoms with Gasteiger partial charge in [0.2, 0.25) is 0 Å². The lowest BCUT2D eigenvalue weighted by Crippen LogP contribution is -2.21. The monoisotopic (exact) mass is 217 g/mol. The highest BCUT2D eigenvalue weighted by atomic mass is 16.1. The van der Waals surface area contributed by atoms with Crippen LogP contribution in [-0.4, -0.2) is 19.5 Å². The standard InChI is InChI=1S/C10H11N5O/c1-15-5-4-12-9(10(15)16)13-6-8-2-3-11-7-14-8/h2-5,7H,6H2,1H3,(H,12,13). The van der Waals surface area contributed by atoms with Gasteiger partial charge in [0, 0.05) is 25.6 Å². The van der Waals surface area contributed by atoms with E-state index in [-0.39, 0.29) is 5.56 Å². The van der Waals surface area contributed by atoms with Crippen LogP contribution in [0.4, 0.5) is 5.82 Å². The van der Waals surface area contributed by atoms with E-state index < -0.39 is 0 Å². The zero-order chi connectivity index (χ0) is 11.4. The van der Waals surface area contributed by atoms with Crippen molar-refractivity contribution in [3.8, 4) is 0 Å². The van der Waals surface area contributed by atoms with Crippen LogP contribution in [0.1, 0.15) is 5.69 Å². The molecule has 0 spiro atoms. The minimum Gasteiger partial charge on any atom is -0.360 e. The molecule has 0 aliphatic rings. The zero-order valence-electron chi connectivity index (χ0n) is 8.79. The average molecular weight is 217 g/mol. The highest BCUT2D eigenvalue weighted by molar-refractivity contribution is 5.31. The molecule has 82 valence electrons. The van der Waals surface area contributed by atoms with Gasteiger partial charge in [0.05, 0.1) is 12.2 Å². The van der Waals surface area contributed by atoms with Crippen molar-refractivity contribution >= 4 is 5.82 Å². The summed E-state index contributed by atoms with van der Waals surface area (Å²) in [7, 11) is 1.68. The third kappa shape index (κ3) is 2.22. The van der Waals surface area contributed by atoms with Crippen molar-refractivity contribution in [1.82, 2.24) is 19.5 Å². The molecule has 0 radical (unpaired) electrons. The Morgan fingerprint density at radius 2 is 2.25 bits per heavy atom. The van der Waals surface area contributed by atoms with E-state index in [2.05, 4.69) is 20.3 Å². The highest BCUT2D eigenvalue weighted by Gasteiger charge is 2.01. The van der Waals surface area contributed by atoms with Gasteiger partial charge in [-0.25, -0.2) is 15.0 Å². The Kier molecular flexibility index (Phi) is 2.90. The summed E-state index contributed by atoms with van der Waals surface area (Å²) in [5.74, 6) is 0.323. The van der Waals surface area contributed by atoms with Gasteiger partial charge < -0.3 is 9.88 Å². The smallest absolute Gasteiger partial charge is 0.293 e. The van der Waals surface area contributed by atoms with E-state index in [0.717, 1.165) is 5.69 Å². The van der Waals surface area contributed by atoms with E-state index in [1.165, 1.54) is 10.9 Å². The van der Waals surface area contributed by atoms with Gasteiger partial charge in [-0.05, 0) is 6.07 Å². The molecule has 6 heteroatoms. The van der Waals surface area contributed by atoms with E-state index in [0.29, 0.717) is 12.4 Å². The summed E-state index contributed by atoms with van der Waals surface area (Å²) in [5.41, 5.74) is 0.652. The number of rotatable bonds is 3. The van der Waals surface area contributed by atoms with Crippen molar-refractivity contribution in [2.24, 2.45) is 7.05 Å². The van der Waals surface area contributed by atoms with Gasteiger partial charge in [-0.2, -0.15) is 0 Å². The lowest BCUT2D eigenvalue weighted by atomic mass is 10.4. The molecule has 0 aliphatic heterocycles. The Hall–Kier alpha value is -2.24. The van der Waals surface area contributed by atoms with Gasteiger partial charge in [0.25, 0.3) is 5.56 Å². The second-order valence-corrected chi connectivity index (χ2v) is 3.25. The van der Waals surface area contributed by atoms with Gasteiger partial charge in [0.1, 0.15) is 6.33 Å². The molecule has 6 nitrogen and oxygen atoms in total. The highest BCUT2D eigenvalue weighted by Crippen LogP contribution is 1.97. The fraction of sp³-hybridized carbons (Fsp3) is 0.200. The van der Waals surface area contributed by atoms with Crippen LogP contribution in [0.15, 0.2) is 35.8 Å². The van der Waals surface area contributed by atoms with Crippen LogP contribution in [0.25, 0.3) is 0 Å². The Labute approximate surface area is 92.0 Å². The van der Waals surface area contributed by atoms with Crippen molar-refractivity contribution in [3.63, 3.8) is 0 Å². The quantitative estimate of drug-likeness (QED) is 0.794. The molecule has 0 bridgehead atoms. The van der Waals surface area contributed by atoms with Crippen LogP contribution in [0.5, 0.6) is 0 Å². The molecule has 2 aromatic heterocycles. The molecule has 16 heavy (non-hydrogen) atoms. The van der Waals surface area contributed by atoms with E-state index in [1.807, 2.05) is 0 Å². The Bertz CT molecular complexity index is 522. The van der Waals surface area contributed by atoms with Crippen LogP contribution in [0.2, 0.25) is 0 Å². The first kappa shape index (κ1) is 10.3. The van der Waals surface area contributed by atoms with Crippen molar-refractivity contribution in [1.29, 1.82) is 0 Å². The molecule has 0 aliphatic carbocycles. The first-order valence-corrected chi connectivity index (χ1v) is 4.78. The topological polar surface area (TPSA) is 72.7 Å². The summed E-state index contributed by atoms with van der Waals surface area (Å²) in [4.78, 5) is 23.4. The molecule has 0 unspecified atom stereocenters. The molecule has 2 heterocycles. The van der Waals surface area contributed by atoms with Crippen LogP contribution in [-0.2, 0) is 13.6 Å². The number of hydrogen-bond acceptors (Lipinski definition) is 5. The first-order chi connectivity index (χ1) is 7.77. The van der Waals surface area contributed by atoms with Crippen LogP contribution >= 0.6 is 0 Å². The fourth-order valence-corrected chi connectivity index (χ4v) is 1.22. The van der Waals surface area contributed by atoms with Gasteiger partial charge in [-0.1, -0.05) is 0 Å². The summed E-state index contributed by atoms with van der Waals surface area (Å²) >= 11 is 0. The van der Waals surface area contributed by atoms with Crippen LogP contribution in [0.3, 0.4) is 0 Å². The maximum absolute atomic E-state index is 11.6. The molecule has 0 saturated carbocycles. The number of nitrogens with zero attached hydrogens (tertiary/aromatic N) is 4. The third-order valence-electron chi connectivity index (χ3n) is 2.10. The SMILES string of the molecule is Cn1ccnc(NCc2ccncn2)c1=O. The number of aromatic nitrogens is 4. The van der Waals surface area contributed by atoms with Crippen LogP contribution in [0, 0.1) is 0 Å². The zero-order valence-corrected chi connectivity index (χ0v) is 8.79. The lowest BCUT2D eigenvalue weighted by molar-refractivity contribution is 0.837. The molecule has 1 N–H and O–H groups in total. The second kappa shape index (κ2) is 4.52. The average Bonchev–Trinajstić information content (AvgIpc) is 2.32. The molecule has 0 atom stereocenters. The second-order valence-electron chi connectivity index (χ2n) is 3.25. The molecule has 0 fully saturated rings. The van der Waals surface area contributed by atoms with E-state index in [9.17, 15) is 4.79 Å². The predicted octanol–water partition coefficient (Wildman–Crippen LogP) is 0.182. The predicted molar refractivity (Wildman–Crippen MR) is 58.8 cm³/mol. The largest absolute Gasteiger partial charge is 0.360 e. The maximum Gasteiger partial charge on any atom is 0.293 e. The summed E-state index contributed by atoms with van der Waals surface area (Å²) in [5, 5.41) is 2.94. The van der Waals surface area contributed by atoms with Gasteiger partial charge in [0.15, 0.2) is 5.82 Å². The summed E-state index contributed by atoms with van der Waals surface area (Å²) in [6.45, 7) is 0.453. The third-order valence-corrected chi connectivity index (χ3v) is 2.10. The summed E-state index contributed by atoms with van der Waals surface area (Å²) in [6, 6.07) is 1.78. The van der Waals surface area contributed by atoms with Gasteiger partial charge in [-0.3, -0.25) is 4.79 Å². The Balaban J connectivity index is 2.11. The normalized spacial score (nSPS) is 10.1. The lowest BCUT2D eigenvalue weighted by Gasteiger charge is -2.04. The molecule has 0 saturated heterocycles. The minimum atomic E-state index is -0.156. The Morgan fingerprint density at radius 1 is 1.38 bits per heavy atom. The maximum atomic E-state index is 11.6.